The zero-order valence-electron chi connectivity index (χ0n) is 14.6. The minimum atomic E-state index is -1.29. The number of ether oxygens (including phenoxy) is 3. The van der Waals surface area contributed by atoms with Crippen molar-refractivity contribution in [2.24, 2.45) is 5.92 Å². The van der Waals surface area contributed by atoms with Crippen molar-refractivity contribution in [2.45, 2.75) is 25.9 Å². The van der Waals surface area contributed by atoms with E-state index < -0.39 is 29.3 Å². The predicted molar refractivity (Wildman–Crippen MR) is 91.4 cm³/mol. The van der Waals surface area contributed by atoms with E-state index in [0.29, 0.717) is 12.5 Å². The summed E-state index contributed by atoms with van der Waals surface area (Å²) < 4.78 is 43.9. The van der Waals surface area contributed by atoms with Gasteiger partial charge in [0.15, 0.2) is 11.6 Å². The summed E-state index contributed by atoms with van der Waals surface area (Å²) in [5.74, 6) is -2.37. The van der Waals surface area contributed by atoms with Crippen LogP contribution in [0.5, 0.6) is 11.5 Å². The van der Waals surface area contributed by atoms with Gasteiger partial charge in [0, 0.05) is 0 Å². The second-order valence-corrected chi connectivity index (χ2v) is 6.32. The van der Waals surface area contributed by atoms with Crippen LogP contribution in [0.15, 0.2) is 36.4 Å². The SMILES string of the molecule is COC(=O)c1ccc(OC(C)c2cccc(OCC3CC3)c2)c(F)c1F. The number of hydrogen-bond donors (Lipinski definition) is 0. The normalized spacial score (nSPS) is 14.6. The Morgan fingerprint density at radius 2 is 1.96 bits per heavy atom. The average Bonchev–Trinajstić information content (AvgIpc) is 3.48. The van der Waals surface area contributed by atoms with E-state index in [1.807, 2.05) is 24.3 Å². The van der Waals surface area contributed by atoms with E-state index in [4.69, 9.17) is 9.47 Å². The molecule has 0 bridgehead atoms. The van der Waals surface area contributed by atoms with Crippen LogP contribution in [0.25, 0.3) is 0 Å². The van der Waals surface area contributed by atoms with Crippen LogP contribution in [-0.4, -0.2) is 19.7 Å². The number of carbonyl (C=O) groups is 1. The summed E-state index contributed by atoms with van der Waals surface area (Å²) in [5.41, 5.74) is 0.302. The quantitative estimate of drug-likeness (QED) is 0.671. The minimum absolute atomic E-state index is 0.271. The summed E-state index contributed by atoms with van der Waals surface area (Å²) >= 11 is 0. The zero-order chi connectivity index (χ0) is 18.7. The number of halogens is 2. The first-order chi connectivity index (χ1) is 12.5. The van der Waals surface area contributed by atoms with E-state index in [0.717, 1.165) is 24.5 Å². The lowest BCUT2D eigenvalue weighted by Gasteiger charge is -2.17. The highest BCUT2D eigenvalue weighted by molar-refractivity contribution is 5.89. The monoisotopic (exact) mass is 362 g/mol. The Morgan fingerprint density at radius 3 is 2.65 bits per heavy atom. The minimum Gasteiger partial charge on any atom is -0.493 e. The molecule has 1 fully saturated rings. The smallest absolute Gasteiger partial charge is 0.340 e. The van der Waals surface area contributed by atoms with E-state index >= 15 is 0 Å². The third-order valence-electron chi connectivity index (χ3n) is 4.27. The molecule has 0 N–H and O–H groups in total. The molecular formula is C20H20F2O4. The molecule has 138 valence electrons. The first kappa shape index (κ1) is 18.2. The number of esters is 1. The molecule has 0 spiro atoms. The van der Waals surface area contributed by atoms with Gasteiger partial charge in [-0.25, -0.2) is 9.18 Å². The Hall–Kier alpha value is -2.63. The standard InChI is InChI=1S/C20H20F2O4/c1-12(14-4-3-5-15(10-14)25-11-13-6-7-13)26-17-9-8-16(20(23)24-2)18(21)19(17)22/h3-5,8-10,12-13H,6-7,11H2,1-2H3. The van der Waals surface area contributed by atoms with Gasteiger partial charge in [0.2, 0.25) is 5.82 Å². The molecule has 26 heavy (non-hydrogen) atoms. The van der Waals surface area contributed by atoms with Gasteiger partial charge in [0.1, 0.15) is 11.9 Å². The molecule has 0 aromatic heterocycles. The molecule has 0 radical (unpaired) electrons. The Kier molecular flexibility index (Phi) is 5.40. The van der Waals surface area contributed by atoms with E-state index in [9.17, 15) is 13.6 Å². The van der Waals surface area contributed by atoms with Crippen molar-refractivity contribution < 1.29 is 27.8 Å². The molecule has 0 amide bonds. The highest BCUT2D eigenvalue weighted by Crippen LogP contribution is 2.31. The molecule has 2 aromatic carbocycles. The lowest BCUT2D eigenvalue weighted by Crippen LogP contribution is -2.10. The molecule has 2 aromatic rings. The van der Waals surface area contributed by atoms with Gasteiger partial charge in [0.05, 0.1) is 19.3 Å². The van der Waals surface area contributed by atoms with Crippen LogP contribution >= 0.6 is 0 Å². The van der Waals surface area contributed by atoms with E-state index in [1.54, 1.807) is 6.92 Å². The van der Waals surface area contributed by atoms with Crippen LogP contribution in [0.2, 0.25) is 0 Å². The number of rotatable bonds is 7. The average molecular weight is 362 g/mol. The molecule has 1 aliphatic rings. The van der Waals surface area contributed by atoms with Gasteiger partial charge >= 0.3 is 5.97 Å². The molecule has 1 saturated carbocycles. The van der Waals surface area contributed by atoms with Crippen molar-refractivity contribution in [2.75, 3.05) is 13.7 Å². The number of hydrogen-bond acceptors (Lipinski definition) is 4. The van der Waals surface area contributed by atoms with Crippen molar-refractivity contribution in [1.82, 2.24) is 0 Å². The second-order valence-electron chi connectivity index (χ2n) is 6.32. The highest BCUT2D eigenvalue weighted by Gasteiger charge is 2.23. The summed E-state index contributed by atoms with van der Waals surface area (Å²) in [6, 6.07) is 9.69. The molecule has 0 heterocycles. The van der Waals surface area contributed by atoms with Gasteiger partial charge in [-0.2, -0.15) is 4.39 Å². The van der Waals surface area contributed by atoms with Crippen molar-refractivity contribution in [1.29, 1.82) is 0 Å². The fourth-order valence-corrected chi connectivity index (χ4v) is 2.50. The maximum absolute atomic E-state index is 14.2. The summed E-state index contributed by atoms with van der Waals surface area (Å²) in [5, 5.41) is 0. The van der Waals surface area contributed by atoms with Gasteiger partial charge in [0.25, 0.3) is 0 Å². The van der Waals surface area contributed by atoms with Gasteiger partial charge in [-0.05, 0) is 55.5 Å². The van der Waals surface area contributed by atoms with Gasteiger partial charge in [-0.1, -0.05) is 12.1 Å². The second kappa shape index (κ2) is 7.72. The van der Waals surface area contributed by atoms with Crippen LogP contribution in [0.4, 0.5) is 8.78 Å². The Labute approximate surface area is 150 Å². The van der Waals surface area contributed by atoms with Gasteiger partial charge in [-0.15, -0.1) is 0 Å². The van der Waals surface area contributed by atoms with Crippen molar-refractivity contribution in [3.63, 3.8) is 0 Å². The fraction of sp³-hybridized carbons (Fsp3) is 0.350. The molecule has 0 aliphatic heterocycles. The van der Waals surface area contributed by atoms with E-state index in [1.165, 1.54) is 18.9 Å². The van der Waals surface area contributed by atoms with Crippen LogP contribution in [0.3, 0.4) is 0 Å². The largest absolute Gasteiger partial charge is 0.493 e. The number of methoxy groups -OCH3 is 1. The summed E-state index contributed by atoms with van der Waals surface area (Å²) in [4.78, 5) is 11.4. The van der Waals surface area contributed by atoms with Crippen molar-refractivity contribution >= 4 is 5.97 Å². The molecule has 1 aliphatic carbocycles. The molecule has 1 atom stereocenters. The lowest BCUT2D eigenvalue weighted by molar-refractivity contribution is 0.0594. The molecular weight excluding hydrogens is 342 g/mol. The molecule has 6 heteroatoms. The first-order valence-electron chi connectivity index (χ1n) is 8.45. The topological polar surface area (TPSA) is 44.8 Å². The molecule has 4 nitrogen and oxygen atoms in total. The van der Waals surface area contributed by atoms with Crippen LogP contribution in [0, 0.1) is 17.6 Å². The van der Waals surface area contributed by atoms with Crippen molar-refractivity contribution in [3.05, 3.63) is 59.2 Å². The van der Waals surface area contributed by atoms with E-state index in [2.05, 4.69) is 4.74 Å². The maximum atomic E-state index is 14.2. The van der Waals surface area contributed by atoms with Crippen LogP contribution in [-0.2, 0) is 4.74 Å². The summed E-state index contributed by atoms with van der Waals surface area (Å²) in [7, 11) is 1.10. The van der Waals surface area contributed by atoms with Crippen molar-refractivity contribution in [3.8, 4) is 11.5 Å². The lowest BCUT2D eigenvalue weighted by atomic mass is 10.1. The molecule has 0 saturated heterocycles. The summed E-state index contributed by atoms with van der Waals surface area (Å²) in [6.45, 7) is 2.42. The third kappa shape index (κ3) is 4.12. The maximum Gasteiger partial charge on any atom is 0.340 e. The zero-order valence-corrected chi connectivity index (χ0v) is 14.6. The number of benzene rings is 2. The number of carbonyl (C=O) groups excluding carboxylic acids is 1. The van der Waals surface area contributed by atoms with E-state index in [-0.39, 0.29) is 5.75 Å². The highest BCUT2D eigenvalue weighted by atomic mass is 19.2. The Balaban J connectivity index is 1.73. The fourth-order valence-electron chi connectivity index (χ4n) is 2.50. The molecule has 3 rings (SSSR count). The van der Waals surface area contributed by atoms with Crippen LogP contribution in [0.1, 0.15) is 41.8 Å². The third-order valence-corrected chi connectivity index (χ3v) is 4.27. The molecule has 1 unspecified atom stereocenters. The first-order valence-corrected chi connectivity index (χ1v) is 8.45. The van der Waals surface area contributed by atoms with Gasteiger partial charge < -0.3 is 14.2 Å². The Bertz CT molecular complexity index is 802. The Morgan fingerprint density at radius 1 is 1.19 bits per heavy atom. The predicted octanol–water partition coefficient (Wildman–Crippen LogP) is 4.68. The summed E-state index contributed by atoms with van der Waals surface area (Å²) in [6.07, 6.45) is 1.87. The van der Waals surface area contributed by atoms with Crippen LogP contribution < -0.4 is 9.47 Å². The van der Waals surface area contributed by atoms with Gasteiger partial charge in [-0.3, -0.25) is 0 Å².